The predicted octanol–water partition coefficient (Wildman–Crippen LogP) is 3.83. The minimum Gasteiger partial charge on any atom is -0.351 e. The third kappa shape index (κ3) is 5.05. The summed E-state index contributed by atoms with van der Waals surface area (Å²) < 4.78 is 0. The monoisotopic (exact) mass is 409 g/mol. The molecule has 4 rings (SSSR count). The summed E-state index contributed by atoms with van der Waals surface area (Å²) in [6, 6.07) is 17.5. The number of fused-ring (bicyclic) bond motifs is 1. The number of piperidine rings is 1. The zero-order valence-electron chi connectivity index (χ0n) is 16.2. The van der Waals surface area contributed by atoms with Crippen molar-refractivity contribution in [3.05, 3.63) is 70.9 Å². The van der Waals surface area contributed by atoms with Gasteiger partial charge in [0, 0.05) is 54.4 Å². The molecular formula is C23H24ClN3O2. The number of halogens is 1. The Labute approximate surface area is 175 Å². The van der Waals surface area contributed by atoms with Crippen molar-refractivity contribution < 1.29 is 9.59 Å². The Hall–Kier alpha value is -2.63. The molecule has 2 N–H and O–H groups in total. The van der Waals surface area contributed by atoms with E-state index in [0.29, 0.717) is 29.3 Å². The molecule has 1 amide bonds. The van der Waals surface area contributed by atoms with E-state index in [9.17, 15) is 9.59 Å². The van der Waals surface area contributed by atoms with Crippen LogP contribution in [0.1, 0.15) is 28.9 Å². The third-order valence-corrected chi connectivity index (χ3v) is 5.61. The molecule has 0 radical (unpaired) electrons. The van der Waals surface area contributed by atoms with E-state index in [2.05, 4.69) is 27.3 Å². The summed E-state index contributed by atoms with van der Waals surface area (Å²) in [5.74, 6) is 0.188. The lowest BCUT2D eigenvalue weighted by atomic mass is 10.0. The van der Waals surface area contributed by atoms with Gasteiger partial charge < -0.3 is 15.2 Å². The summed E-state index contributed by atoms with van der Waals surface area (Å²) in [6.07, 6.45) is 1.92. The average Bonchev–Trinajstić information content (AvgIpc) is 3.14. The number of H-pyrrole nitrogens is 1. The van der Waals surface area contributed by atoms with Crippen LogP contribution in [0.15, 0.2) is 54.6 Å². The van der Waals surface area contributed by atoms with Crippen LogP contribution < -0.4 is 5.32 Å². The number of amides is 1. The van der Waals surface area contributed by atoms with Crippen molar-refractivity contribution in [2.45, 2.75) is 25.3 Å². The van der Waals surface area contributed by atoms with Crippen molar-refractivity contribution in [2.24, 2.45) is 0 Å². The Morgan fingerprint density at radius 1 is 1.10 bits per heavy atom. The van der Waals surface area contributed by atoms with Gasteiger partial charge in [0.2, 0.25) is 0 Å². The number of likely N-dealkylation sites (tertiary alicyclic amines) is 1. The van der Waals surface area contributed by atoms with Crippen LogP contribution in [0.2, 0.25) is 5.02 Å². The van der Waals surface area contributed by atoms with Crippen LogP contribution in [-0.2, 0) is 11.2 Å². The third-order valence-electron chi connectivity index (χ3n) is 5.38. The highest BCUT2D eigenvalue weighted by Gasteiger charge is 2.22. The summed E-state index contributed by atoms with van der Waals surface area (Å²) in [4.78, 5) is 29.9. The van der Waals surface area contributed by atoms with Crippen LogP contribution in [-0.4, -0.2) is 47.3 Å². The minimum atomic E-state index is -0.133. The number of Topliss-reactive ketones (excluding diaryl/α,β-unsaturated/α-hetero) is 1. The molecule has 1 aliphatic heterocycles. The smallest absolute Gasteiger partial charge is 0.268 e. The minimum absolute atomic E-state index is 0.0481. The van der Waals surface area contributed by atoms with Crippen LogP contribution in [0.5, 0.6) is 0 Å². The Kier molecular flexibility index (Phi) is 5.97. The van der Waals surface area contributed by atoms with Gasteiger partial charge in [0.15, 0.2) is 0 Å². The van der Waals surface area contributed by atoms with E-state index in [4.69, 9.17) is 11.6 Å². The number of rotatable bonds is 6. The highest BCUT2D eigenvalue weighted by Crippen LogP contribution is 2.20. The molecule has 0 aliphatic carbocycles. The van der Waals surface area contributed by atoms with Gasteiger partial charge >= 0.3 is 0 Å². The normalized spacial score (nSPS) is 16.1. The molecule has 3 aromatic rings. The first-order chi connectivity index (χ1) is 14.1. The predicted molar refractivity (Wildman–Crippen MR) is 115 cm³/mol. The molecule has 5 nitrogen and oxygen atoms in total. The molecule has 6 heteroatoms. The van der Waals surface area contributed by atoms with Gasteiger partial charge in [0.05, 0.1) is 0 Å². The number of carbonyl (C=O) groups is 2. The number of nitrogens with zero attached hydrogens (tertiary/aromatic N) is 1. The van der Waals surface area contributed by atoms with Gasteiger partial charge in [-0.05, 0) is 36.2 Å². The van der Waals surface area contributed by atoms with Crippen LogP contribution in [0.25, 0.3) is 10.9 Å². The van der Waals surface area contributed by atoms with Gasteiger partial charge in [-0.1, -0.05) is 41.9 Å². The molecule has 1 unspecified atom stereocenters. The lowest BCUT2D eigenvalue weighted by Gasteiger charge is -2.30. The fourth-order valence-corrected chi connectivity index (χ4v) is 4.03. The molecule has 29 heavy (non-hydrogen) atoms. The summed E-state index contributed by atoms with van der Waals surface area (Å²) in [6.45, 7) is 2.23. The molecule has 0 saturated carbocycles. The average molecular weight is 410 g/mol. The molecule has 0 spiro atoms. The molecule has 1 atom stereocenters. The Morgan fingerprint density at radius 2 is 1.86 bits per heavy atom. The topological polar surface area (TPSA) is 65.2 Å². The number of nitrogens with one attached hydrogen (secondary N) is 2. The van der Waals surface area contributed by atoms with Crippen LogP contribution >= 0.6 is 11.6 Å². The number of hydrogen-bond acceptors (Lipinski definition) is 3. The lowest BCUT2D eigenvalue weighted by Crippen LogP contribution is -2.47. The van der Waals surface area contributed by atoms with Gasteiger partial charge in [0.1, 0.15) is 11.5 Å². The first-order valence-corrected chi connectivity index (χ1v) is 10.3. The maximum absolute atomic E-state index is 12.9. The van der Waals surface area contributed by atoms with E-state index >= 15 is 0 Å². The van der Waals surface area contributed by atoms with Crippen molar-refractivity contribution >= 4 is 34.2 Å². The second-order valence-electron chi connectivity index (χ2n) is 7.61. The van der Waals surface area contributed by atoms with E-state index in [1.54, 1.807) is 6.07 Å². The van der Waals surface area contributed by atoms with E-state index in [-0.39, 0.29) is 11.9 Å². The lowest BCUT2D eigenvalue weighted by molar-refractivity contribution is -0.121. The van der Waals surface area contributed by atoms with Crippen LogP contribution in [0.4, 0.5) is 0 Å². The summed E-state index contributed by atoms with van der Waals surface area (Å²) in [7, 11) is 0. The van der Waals surface area contributed by atoms with Crippen LogP contribution in [0.3, 0.4) is 0 Å². The standard InChI is InChI=1S/C23H24ClN3O2/c24-18-6-7-21-17(13-18)14-22(26-21)23(29)25-19(12-16-4-2-1-3-5-16)15-27-10-8-20(28)9-11-27/h1-7,13-14,19,26H,8-12,15H2,(H,25,29). The zero-order valence-corrected chi connectivity index (χ0v) is 16.9. The molecule has 1 fully saturated rings. The molecule has 2 aromatic carbocycles. The molecular weight excluding hydrogens is 386 g/mol. The second kappa shape index (κ2) is 8.80. The number of ketones is 1. The van der Waals surface area contributed by atoms with Gasteiger partial charge in [-0.2, -0.15) is 0 Å². The molecule has 1 aliphatic rings. The van der Waals surface area contributed by atoms with E-state index < -0.39 is 0 Å². The largest absolute Gasteiger partial charge is 0.351 e. The Balaban J connectivity index is 1.49. The summed E-state index contributed by atoms with van der Waals surface area (Å²) >= 11 is 6.06. The number of aromatic amines is 1. The SMILES string of the molecule is O=C1CCN(CC(Cc2ccccc2)NC(=O)c2cc3cc(Cl)ccc3[nH]2)CC1. The summed E-state index contributed by atoms with van der Waals surface area (Å²) in [5, 5.41) is 4.74. The first kappa shape index (κ1) is 19.7. The molecule has 150 valence electrons. The van der Waals surface area contributed by atoms with Gasteiger partial charge in [-0.25, -0.2) is 0 Å². The van der Waals surface area contributed by atoms with E-state index in [1.807, 2.05) is 36.4 Å². The van der Waals surface area contributed by atoms with Crippen LogP contribution in [0, 0.1) is 0 Å². The van der Waals surface area contributed by atoms with Gasteiger partial charge in [-0.15, -0.1) is 0 Å². The van der Waals surface area contributed by atoms with Crippen molar-refractivity contribution in [1.82, 2.24) is 15.2 Å². The molecule has 0 bridgehead atoms. The number of hydrogen-bond donors (Lipinski definition) is 2. The molecule has 1 saturated heterocycles. The van der Waals surface area contributed by atoms with Gasteiger partial charge in [0.25, 0.3) is 5.91 Å². The number of aromatic nitrogens is 1. The van der Waals surface area contributed by atoms with Crippen molar-refractivity contribution in [3.8, 4) is 0 Å². The van der Waals surface area contributed by atoms with Crippen molar-refractivity contribution in [2.75, 3.05) is 19.6 Å². The van der Waals surface area contributed by atoms with E-state index in [1.165, 1.54) is 5.56 Å². The van der Waals surface area contributed by atoms with Crippen molar-refractivity contribution in [1.29, 1.82) is 0 Å². The maximum atomic E-state index is 12.9. The number of benzene rings is 2. The first-order valence-electron chi connectivity index (χ1n) is 9.94. The fraction of sp³-hybridized carbons (Fsp3) is 0.304. The quantitative estimate of drug-likeness (QED) is 0.650. The Morgan fingerprint density at radius 3 is 2.62 bits per heavy atom. The highest BCUT2D eigenvalue weighted by molar-refractivity contribution is 6.31. The Bertz CT molecular complexity index is 1010. The molecule has 2 heterocycles. The zero-order chi connectivity index (χ0) is 20.2. The molecule has 1 aromatic heterocycles. The fourth-order valence-electron chi connectivity index (χ4n) is 3.85. The maximum Gasteiger partial charge on any atom is 0.268 e. The highest BCUT2D eigenvalue weighted by atomic mass is 35.5. The second-order valence-corrected chi connectivity index (χ2v) is 8.05. The van der Waals surface area contributed by atoms with Gasteiger partial charge in [-0.3, -0.25) is 9.59 Å². The van der Waals surface area contributed by atoms with E-state index in [0.717, 1.165) is 37.0 Å². The number of carbonyl (C=O) groups excluding carboxylic acids is 2. The van der Waals surface area contributed by atoms with Crippen molar-refractivity contribution in [3.63, 3.8) is 0 Å². The summed E-state index contributed by atoms with van der Waals surface area (Å²) in [5.41, 5.74) is 2.58.